The van der Waals surface area contributed by atoms with Gasteiger partial charge in [0.05, 0.1) is 12.3 Å². The molecule has 16 heavy (non-hydrogen) atoms. The highest BCUT2D eigenvalue weighted by Crippen LogP contribution is 2.26. The van der Waals surface area contributed by atoms with Gasteiger partial charge in [-0.25, -0.2) is 9.97 Å². The van der Waals surface area contributed by atoms with Crippen LogP contribution in [0, 0.1) is 0 Å². The molecule has 3 nitrogen and oxygen atoms in total. The Hall–Kier alpha value is -0.840. The smallest absolute Gasteiger partial charge is 0.129 e. The molecule has 0 amide bonds. The van der Waals surface area contributed by atoms with E-state index in [-0.39, 0.29) is 0 Å². The lowest BCUT2D eigenvalue weighted by Crippen LogP contribution is -1.95. The molecule has 0 bridgehead atoms. The molecule has 0 aromatic carbocycles. The van der Waals surface area contributed by atoms with Gasteiger partial charge in [-0.2, -0.15) is 0 Å². The lowest BCUT2D eigenvalue weighted by atomic mass is 10.2. The molecule has 0 unspecified atom stereocenters. The topological polar surface area (TPSA) is 35.0 Å². The first-order valence-corrected chi connectivity index (χ1v) is 6.33. The standard InChI is InChI=1S/C11H11ClN2OS/c1-15-6-8-3-7-5-13-10(12)4-9(7)11(14-8)16-2/h3-5H,6H2,1-2H3. The van der Waals surface area contributed by atoms with E-state index in [4.69, 9.17) is 16.3 Å². The van der Waals surface area contributed by atoms with E-state index in [1.54, 1.807) is 25.1 Å². The Morgan fingerprint density at radius 1 is 1.44 bits per heavy atom. The number of fused-ring (bicyclic) bond motifs is 1. The summed E-state index contributed by atoms with van der Waals surface area (Å²) in [5.74, 6) is 0. The van der Waals surface area contributed by atoms with Crippen molar-refractivity contribution >= 4 is 34.1 Å². The molecule has 0 aliphatic carbocycles. The molecule has 0 aliphatic heterocycles. The Labute approximate surface area is 103 Å². The molecule has 0 saturated heterocycles. The van der Waals surface area contributed by atoms with Crippen LogP contribution in [0.2, 0.25) is 5.15 Å². The van der Waals surface area contributed by atoms with Gasteiger partial charge < -0.3 is 4.74 Å². The third kappa shape index (κ3) is 2.29. The number of pyridine rings is 2. The van der Waals surface area contributed by atoms with Crippen LogP contribution in [0.1, 0.15) is 5.69 Å². The molecule has 2 rings (SSSR count). The number of rotatable bonds is 3. The molecule has 2 aromatic heterocycles. The van der Waals surface area contributed by atoms with Crippen LogP contribution in [0.15, 0.2) is 23.4 Å². The van der Waals surface area contributed by atoms with Crippen LogP contribution in [0.5, 0.6) is 0 Å². The highest BCUT2D eigenvalue weighted by Gasteiger charge is 2.06. The minimum absolute atomic E-state index is 0.490. The first-order chi connectivity index (χ1) is 7.74. The largest absolute Gasteiger partial charge is 0.378 e. The van der Waals surface area contributed by atoms with Gasteiger partial charge in [0.2, 0.25) is 0 Å². The molecule has 0 fully saturated rings. The van der Waals surface area contributed by atoms with Crippen molar-refractivity contribution in [2.24, 2.45) is 0 Å². The minimum atomic E-state index is 0.490. The summed E-state index contributed by atoms with van der Waals surface area (Å²) in [5, 5.41) is 3.51. The van der Waals surface area contributed by atoms with Crippen LogP contribution >= 0.6 is 23.4 Å². The number of aromatic nitrogens is 2. The zero-order chi connectivity index (χ0) is 11.5. The van der Waals surface area contributed by atoms with Gasteiger partial charge in [0.1, 0.15) is 10.2 Å². The highest BCUT2D eigenvalue weighted by molar-refractivity contribution is 7.98. The molecule has 84 valence electrons. The first-order valence-electron chi connectivity index (χ1n) is 4.72. The molecule has 0 aliphatic rings. The fourth-order valence-electron chi connectivity index (χ4n) is 1.52. The summed E-state index contributed by atoms with van der Waals surface area (Å²) < 4.78 is 5.08. The van der Waals surface area contributed by atoms with E-state index in [1.807, 2.05) is 18.4 Å². The molecule has 0 atom stereocenters. The molecule has 2 aromatic rings. The van der Waals surface area contributed by atoms with E-state index >= 15 is 0 Å². The third-order valence-corrected chi connectivity index (χ3v) is 3.09. The van der Waals surface area contributed by atoms with Gasteiger partial charge >= 0.3 is 0 Å². The maximum absolute atomic E-state index is 5.88. The van der Waals surface area contributed by atoms with Gasteiger partial charge in [0.25, 0.3) is 0 Å². The van der Waals surface area contributed by atoms with Crippen LogP contribution in [-0.4, -0.2) is 23.3 Å². The van der Waals surface area contributed by atoms with Gasteiger partial charge in [-0.1, -0.05) is 11.6 Å². The van der Waals surface area contributed by atoms with Crippen LogP contribution in [0.25, 0.3) is 10.8 Å². The Morgan fingerprint density at radius 3 is 2.94 bits per heavy atom. The van der Waals surface area contributed by atoms with Gasteiger partial charge in [0.15, 0.2) is 0 Å². The van der Waals surface area contributed by atoms with E-state index in [2.05, 4.69) is 9.97 Å². The number of hydrogen-bond acceptors (Lipinski definition) is 4. The lowest BCUT2D eigenvalue weighted by molar-refractivity contribution is 0.181. The predicted octanol–water partition coefficient (Wildman–Crippen LogP) is 3.15. The van der Waals surface area contributed by atoms with Gasteiger partial charge in [0, 0.05) is 24.1 Å². The molecule has 0 saturated carbocycles. The monoisotopic (exact) mass is 254 g/mol. The van der Waals surface area contributed by atoms with E-state index in [9.17, 15) is 0 Å². The molecular formula is C11H11ClN2OS. The van der Waals surface area contributed by atoms with Gasteiger partial charge in [-0.15, -0.1) is 11.8 Å². The summed E-state index contributed by atoms with van der Waals surface area (Å²) in [6.45, 7) is 0.506. The normalized spacial score (nSPS) is 10.9. The second-order valence-electron chi connectivity index (χ2n) is 3.28. The van der Waals surface area contributed by atoms with Crippen molar-refractivity contribution in [1.29, 1.82) is 0 Å². The average Bonchev–Trinajstić information content (AvgIpc) is 2.29. The molecule has 5 heteroatoms. The summed E-state index contributed by atoms with van der Waals surface area (Å²) in [4.78, 5) is 8.57. The Morgan fingerprint density at radius 2 is 2.25 bits per heavy atom. The number of methoxy groups -OCH3 is 1. The Bertz CT molecular complexity index is 519. The number of thioether (sulfide) groups is 1. The summed E-state index contributed by atoms with van der Waals surface area (Å²) in [5.41, 5.74) is 0.906. The quantitative estimate of drug-likeness (QED) is 0.623. The lowest BCUT2D eigenvalue weighted by Gasteiger charge is -2.06. The van der Waals surface area contributed by atoms with Crippen molar-refractivity contribution < 1.29 is 4.74 Å². The molecule has 0 spiro atoms. The van der Waals surface area contributed by atoms with Crippen LogP contribution < -0.4 is 0 Å². The maximum atomic E-state index is 5.88. The Kier molecular flexibility index (Phi) is 3.63. The zero-order valence-corrected chi connectivity index (χ0v) is 10.6. The second kappa shape index (κ2) is 4.99. The van der Waals surface area contributed by atoms with Crippen molar-refractivity contribution in [2.75, 3.05) is 13.4 Å². The minimum Gasteiger partial charge on any atom is -0.378 e. The summed E-state index contributed by atoms with van der Waals surface area (Å²) in [6, 6.07) is 3.81. The van der Waals surface area contributed by atoms with E-state index in [1.165, 1.54) is 0 Å². The van der Waals surface area contributed by atoms with Crippen molar-refractivity contribution in [3.05, 3.63) is 29.2 Å². The zero-order valence-electron chi connectivity index (χ0n) is 9.03. The highest BCUT2D eigenvalue weighted by atomic mass is 35.5. The third-order valence-electron chi connectivity index (χ3n) is 2.18. The SMILES string of the molecule is COCc1cc2cnc(Cl)cc2c(SC)n1. The molecular weight excluding hydrogens is 244 g/mol. The van der Waals surface area contributed by atoms with E-state index < -0.39 is 0 Å². The van der Waals surface area contributed by atoms with Crippen LogP contribution in [0.4, 0.5) is 0 Å². The summed E-state index contributed by atoms with van der Waals surface area (Å²) in [7, 11) is 1.66. The van der Waals surface area contributed by atoms with Gasteiger partial charge in [-0.05, 0) is 18.4 Å². The van der Waals surface area contributed by atoms with E-state index in [0.717, 1.165) is 21.5 Å². The molecule has 2 heterocycles. The first kappa shape index (κ1) is 11.6. The molecule has 0 N–H and O–H groups in total. The van der Waals surface area contributed by atoms with Crippen molar-refractivity contribution in [3.8, 4) is 0 Å². The number of halogens is 1. The summed E-state index contributed by atoms with van der Waals surface area (Å²) >= 11 is 7.47. The Balaban J connectivity index is 2.63. The fourth-order valence-corrected chi connectivity index (χ4v) is 2.28. The number of hydrogen-bond donors (Lipinski definition) is 0. The maximum Gasteiger partial charge on any atom is 0.129 e. The average molecular weight is 255 g/mol. The number of nitrogens with zero attached hydrogens (tertiary/aromatic N) is 2. The fraction of sp³-hybridized carbons (Fsp3) is 0.273. The van der Waals surface area contributed by atoms with E-state index in [0.29, 0.717) is 11.8 Å². The summed E-state index contributed by atoms with van der Waals surface area (Å²) in [6.07, 6.45) is 3.75. The van der Waals surface area contributed by atoms with Gasteiger partial charge in [-0.3, -0.25) is 0 Å². The molecule has 0 radical (unpaired) electrons. The predicted molar refractivity (Wildman–Crippen MR) is 67.0 cm³/mol. The van der Waals surface area contributed by atoms with Crippen LogP contribution in [-0.2, 0) is 11.3 Å². The van der Waals surface area contributed by atoms with Crippen molar-refractivity contribution in [1.82, 2.24) is 9.97 Å². The second-order valence-corrected chi connectivity index (χ2v) is 4.47. The van der Waals surface area contributed by atoms with Crippen molar-refractivity contribution in [2.45, 2.75) is 11.6 Å². The number of ether oxygens (including phenoxy) is 1. The van der Waals surface area contributed by atoms with Crippen molar-refractivity contribution in [3.63, 3.8) is 0 Å². The van der Waals surface area contributed by atoms with Crippen LogP contribution in [0.3, 0.4) is 0 Å².